The number of para-hydroxylation sites is 1. The molecule has 1 aliphatic carbocycles. The van der Waals surface area contributed by atoms with E-state index in [2.05, 4.69) is 30.5 Å². The Morgan fingerprint density at radius 2 is 1.85 bits per heavy atom. The fraction of sp³-hybridized carbons (Fsp3) is 0.333. The number of carbonyl (C=O) groups is 1. The molecule has 9 heteroatoms. The molecule has 1 aliphatic rings. The van der Waals surface area contributed by atoms with Crippen molar-refractivity contribution in [1.82, 2.24) is 30.5 Å². The van der Waals surface area contributed by atoms with Gasteiger partial charge in [0.05, 0.1) is 10.9 Å². The Morgan fingerprint density at radius 1 is 1.06 bits per heavy atom. The van der Waals surface area contributed by atoms with Crippen LogP contribution in [0.5, 0.6) is 0 Å². The molecule has 5 rings (SSSR count). The van der Waals surface area contributed by atoms with Gasteiger partial charge in [0.25, 0.3) is 5.56 Å². The third-order valence-electron chi connectivity index (χ3n) is 6.06. The highest BCUT2D eigenvalue weighted by molar-refractivity contribution is 5.78. The summed E-state index contributed by atoms with van der Waals surface area (Å²) in [6.45, 7) is 0. The second kappa shape index (κ2) is 9.32. The maximum atomic E-state index is 12.5. The van der Waals surface area contributed by atoms with E-state index in [0.717, 1.165) is 31.2 Å². The molecule has 1 aromatic carbocycles. The molecular weight excluding hydrogens is 420 g/mol. The number of aryl methyl sites for hydroxylation is 1. The Bertz CT molecular complexity index is 1310. The van der Waals surface area contributed by atoms with E-state index in [-0.39, 0.29) is 29.8 Å². The number of pyridine rings is 1. The van der Waals surface area contributed by atoms with Gasteiger partial charge in [-0.1, -0.05) is 12.1 Å². The number of nitrogens with one attached hydrogen (secondary N) is 2. The summed E-state index contributed by atoms with van der Waals surface area (Å²) in [6.07, 6.45) is 7.52. The Morgan fingerprint density at radius 3 is 2.67 bits per heavy atom. The molecule has 9 nitrogen and oxygen atoms in total. The molecule has 4 aromatic rings. The van der Waals surface area contributed by atoms with Gasteiger partial charge < -0.3 is 14.7 Å². The summed E-state index contributed by atoms with van der Waals surface area (Å²) < 4.78 is 5.88. The lowest BCUT2D eigenvalue weighted by molar-refractivity contribution is -0.122. The molecule has 1 saturated carbocycles. The topological polar surface area (TPSA) is 127 Å². The van der Waals surface area contributed by atoms with Gasteiger partial charge >= 0.3 is 0 Å². The molecular formula is C24H24N6O3. The minimum Gasteiger partial charge on any atom is -0.420 e. The van der Waals surface area contributed by atoms with E-state index >= 15 is 0 Å². The van der Waals surface area contributed by atoms with Crippen LogP contribution in [0, 0.1) is 0 Å². The smallest absolute Gasteiger partial charge is 0.258 e. The molecule has 0 spiro atoms. The minimum atomic E-state index is -0.178. The zero-order valence-corrected chi connectivity index (χ0v) is 18.0. The van der Waals surface area contributed by atoms with Crippen molar-refractivity contribution in [2.45, 2.75) is 50.5 Å². The summed E-state index contributed by atoms with van der Waals surface area (Å²) in [5.74, 6) is 1.85. The first kappa shape index (κ1) is 21.0. The zero-order valence-electron chi connectivity index (χ0n) is 18.0. The van der Waals surface area contributed by atoms with E-state index in [1.165, 1.54) is 0 Å². The van der Waals surface area contributed by atoms with Crippen LogP contribution in [0.4, 0.5) is 0 Å². The molecule has 168 valence electrons. The van der Waals surface area contributed by atoms with Gasteiger partial charge in [-0.05, 0) is 49.9 Å². The first-order chi connectivity index (χ1) is 16.2. The normalized spacial score (nSPS) is 18.3. The number of benzene rings is 1. The predicted molar refractivity (Wildman–Crippen MR) is 121 cm³/mol. The summed E-state index contributed by atoms with van der Waals surface area (Å²) in [4.78, 5) is 35.9. The highest BCUT2D eigenvalue weighted by Crippen LogP contribution is 2.33. The molecule has 0 radical (unpaired) electrons. The SMILES string of the molecule is O=C(CCc1nc2ccccc2c(=O)[nH]1)NC1CCC(c2nnc(-c3ccncc3)o2)CC1. The van der Waals surface area contributed by atoms with Gasteiger partial charge in [-0.25, -0.2) is 4.98 Å². The minimum absolute atomic E-state index is 0.0352. The van der Waals surface area contributed by atoms with Crippen molar-refractivity contribution in [3.63, 3.8) is 0 Å². The van der Waals surface area contributed by atoms with Gasteiger partial charge in [0.15, 0.2) is 0 Å². The molecule has 0 unspecified atom stereocenters. The lowest BCUT2D eigenvalue weighted by Gasteiger charge is -2.27. The first-order valence-electron chi connectivity index (χ1n) is 11.2. The third kappa shape index (κ3) is 4.82. The number of rotatable bonds is 6. The van der Waals surface area contributed by atoms with Crippen molar-refractivity contribution < 1.29 is 9.21 Å². The van der Waals surface area contributed by atoms with Crippen LogP contribution >= 0.6 is 0 Å². The maximum Gasteiger partial charge on any atom is 0.258 e. The van der Waals surface area contributed by atoms with Crippen LogP contribution in [-0.2, 0) is 11.2 Å². The molecule has 3 aromatic heterocycles. The number of carbonyl (C=O) groups excluding carboxylic acids is 1. The summed E-state index contributed by atoms with van der Waals surface area (Å²) in [5.41, 5.74) is 1.32. The van der Waals surface area contributed by atoms with E-state index in [1.54, 1.807) is 30.6 Å². The molecule has 2 N–H and O–H groups in total. The molecule has 33 heavy (non-hydrogen) atoms. The van der Waals surface area contributed by atoms with Gasteiger partial charge in [0.2, 0.25) is 17.7 Å². The number of amides is 1. The average molecular weight is 444 g/mol. The van der Waals surface area contributed by atoms with Gasteiger partial charge in [-0.15, -0.1) is 10.2 Å². The second-order valence-electron chi connectivity index (χ2n) is 8.33. The van der Waals surface area contributed by atoms with E-state index < -0.39 is 0 Å². The van der Waals surface area contributed by atoms with E-state index in [4.69, 9.17) is 4.42 Å². The molecule has 1 amide bonds. The number of aromatic amines is 1. The van der Waals surface area contributed by atoms with Gasteiger partial charge in [0, 0.05) is 42.8 Å². The Balaban J connectivity index is 1.11. The summed E-state index contributed by atoms with van der Waals surface area (Å²) in [5, 5.41) is 12.1. The van der Waals surface area contributed by atoms with Crippen LogP contribution in [0.25, 0.3) is 22.4 Å². The Kier molecular flexibility index (Phi) is 5.93. The number of fused-ring (bicyclic) bond motifs is 1. The quantitative estimate of drug-likeness (QED) is 0.468. The van der Waals surface area contributed by atoms with E-state index in [0.29, 0.717) is 34.9 Å². The highest BCUT2D eigenvalue weighted by atomic mass is 16.4. The van der Waals surface area contributed by atoms with Crippen molar-refractivity contribution in [3.05, 3.63) is 70.9 Å². The van der Waals surface area contributed by atoms with Crippen molar-refractivity contribution >= 4 is 16.8 Å². The molecule has 0 atom stereocenters. The number of hydrogen-bond acceptors (Lipinski definition) is 7. The lowest BCUT2D eigenvalue weighted by atomic mass is 9.86. The van der Waals surface area contributed by atoms with Gasteiger partial charge in [0.1, 0.15) is 5.82 Å². The van der Waals surface area contributed by atoms with Crippen molar-refractivity contribution in [2.24, 2.45) is 0 Å². The molecule has 0 saturated heterocycles. The van der Waals surface area contributed by atoms with Crippen LogP contribution in [0.2, 0.25) is 0 Å². The number of H-pyrrole nitrogens is 1. The molecule has 3 heterocycles. The van der Waals surface area contributed by atoms with Crippen LogP contribution < -0.4 is 10.9 Å². The predicted octanol–water partition coefficient (Wildman–Crippen LogP) is 3.14. The Labute approximate surface area is 189 Å². The van der Waals surface area contributed by atoms with Gasteiger partial charge in [-0.2, -0.15) is 0 Å². The van der Waals surface area contributed by atoms with Crippen LogP contribution in [-0.4, -0.2) is 37.1 Å². The fourth-order valence-corrected chi connectivity index (χ4v) is 4.28. The standard InChI is InChI=1S/C24H24N6O3/c31-21(10-9-20-27-19-4-2-1-3-18(19)22(32)28-20)26-17-7-5-15(6-8-17)23-29-30-24(33-23)16-11-13-25-14-12-16/h1-4,11-15,17H,5-10H2,(H,26,31)(H,27,28,32). The average Bonchev–Trinajstić information content (AvgIpc) is 3.34. The largest absolute Gasteiger partial charge is 0.420 e. The number of hydrogen-bond donors (Lipinski definition) is 2. The van der Waals surface area contributed by atoms with Gasteiger partial charge in [-0.3, -0.25) is 14.6 Å². The highest BCUT2D eigenvalue weighted by Gasteiger charge is 2.27. The van der Waals surface area contributed by atoms with E-state index in [9.17, 15) is 9.59 Å². The lowest BCUT2D eigenvalue weighted by Crippen LogP contribution is -2.37. The van der Waals surface area contributed by atoms with Crippen molar-refractivity contribution in [2.75, 3.05) is 0 Å². The number of nitrogens with zero attached hydrogens (tertiary/aromatic N) is 4. The Hall–Kier alpha value is -3.88. The summed E-state index contributed by atoms with van der Waals surface area (Å²) in [7, 11) is 0. The van der Waals surface area contributed by atoms with Crippen molar-refractivity contribution in [3.8, 4) is 11.5 Å². The van der Waals surface area contributed by atoms with Crippen LogP contribution in [0.1, 0.15) is 49.7 Å². The zero-order chi connectivity index (χ0) is 22.6. The molecule has 1 fully saturated rings. The third-order valence-corrected chi connectivity index (χ3v) is 6.06. The maximum absolute atomic E-state index is 12.5. The van der Waals surface area contributed by atoms with Crippen LogP contribution in [0.15, 0.2) is 58.0 Å². The fourth-order valence-electron chi connectivity index (χ4n) is 4.28. The van der Waals surface area contributed by atoms with Crippen molar-refractivity contribution in [1.29, 1.82) is 0 Å². The first-order valence-corrected chi connectivity index (χ1v) is 11.2. The summed E-state index contributed by atoms with van der Waals surface area (Å²) >= 11 is 0. The summed E-state index contributed by atoms with van der Waals surface area (Å²) in [6, 6.07) is 11.0. The number of aromatic nitrogens is 5. The van der Waals surface area contributed by atoms with Crippen LogP contribution in [0.3, 0.4) is 0 Å². The second-order valence-corrected chi connectivity index (χ2v) is 8.33. The molecule has 0 aliphatic heterocycles. The monoisotopic (exact) mass is 444 g/mol. The van der Waals surface area contributed by atoms with E-state index in [1.807, 2.05) is 18.2 Å². The molecule has 0 bridgehead atoms.